The van der Waals surface area contributed by atoms with Gasteiger partial charge in [-0.15, -0.1) is 0 Å². The Morgan fingerprint density at radius 2 is 1.70 bits per heavy atom. The second-order valence-corrected chi connectivity index (χ2v) is 5.39. The quantitative estimate of drug-likeness (QED) is 0.891. The molecular weight excluding hydrogens is 318 g/mol. The summed E-state index contributed by atoms with van der Waals surface area (Å²) in [6.45, 7) is 0.879. The van der Waals surface area contributed by atoms with Crippen LogP contribution in [0.5, 0.6) is 0 Å². The molecule has 0 fully saturated rings. The Bertz CT molecular complexity index is 572. The number of hydrogen-bond acceptors (Lipinski definition) is 1. The van der Waals surface area contributed by atoms with Crippen molar-refractivity contribution in [2.24, 2.45) is 0 Å². The Morgan fingerprint density at radius 1 is 1.05 bits per heavy atom. The van der Waals surface area contributed by atoms with Gasteiger partial charge in [0.1, 0.15) is 0 Å². The van der Waals surface area contributed by atoms with Gasteiger partial charge in [0.05, 0.1) is 6.54 Å². The summed E-state index contributed by atoms with van der Waals surface area (Å²) in [5.41, 5.74) is 2.12. The van der Waals surface area contributed by atoms with Gasteiger partial charge in [-0.1, -0.05) is 64.5 Å². The third kappa shape index (κ3) is 4.10. The minimum atomic E-state index is -0.892. The smallest absolute Gasteiger partial charge is 0.407 e. The maximum Gasteiger partial charge on any atom is 0.407 e. The minimum absolute atomic E-state index is 0.392. The van der Waals surface area contributed by atoms with E-state index in [-0.39, 0.29) is 0 Å². The molecule has 3 nitrogen and oxygen atoms in total. The predicted octanol–water partition coefficient (Wildman–Crippen LogP) is 4.17. The Balaban J connectivity index is 2.01. The number of hydrogen-bond donors (Lipinski definition) is 1. The molecule has 20 heavy (non-hydrogen) atoms. The van der Waals surface area contributed by atoms with Crippen molar-refractivity contribution in [1.82, 2.24) is 4.90 Å². The van der Waals surface area contributed by atoms with Gasteiger partial charge in [-0.2, -0.15) is 0 Å². The third-order valence-corrected chi connectivity index (χ3v) is 3.88. The van der Waals surface area contributed by atoms with Crippen LogP contribution in [0.15, 0.2) is 59.1 Å². The van der Waals surface area contributed by atoms with Crippen molar-refractivity contribution in [2.45, 2.75) is 13.0 Å². The van der Waals surface area contributed by atoms with E-state index in [0.29, 0.717) is 13.1 Å². The molecule has 0 spiro atoms. The van der Waals surface area contributed by atoms with Crippen molar-refractivity contribution < 1.29 is 9.90 Å². The predicted molar refractivity (Wildman–Crippen MR) is 82.7 cm³/mol. The Hall–Kier alpha value is -1.81. The van der Waals surface area contributed by atoms with E-state index in [1.165, 1.54) is 4.90 Å². The number of carboxylic acid groups (broad SMARTS) is 1. The standard InChI is InChI=1S/C16H16BrNO2/c17-15-9-5-4-8-14(15)12-18(16(19)20)11-10-13-6-2-1-3-7-13/h1-9H,10-12H2,(H,19,20). The maximum atomic E-state index is 11.3. The van der Waals surface area contributed by atoms with E-state index >= 15 is 0 Å². The molecule has 0 aliphatic heterocycles. The molecule has 0 bridgehead atoms. The third-order valence-electron chi connectivity index (χ3n) is 3.10. The van der Waals surface area contributed by atoms with Crippen molar-refractivity contribution >= 4 is 22.0 Å². The zero-order chi connectivity index (χ0) is 14.4. The molecule has 1 amide bonds. The molecule has 0 radical (unpaired) electrons. The van der Waals surface area contributed by atoms with E-state index in [9.17, 15) is 9.90 Å². The van der Waals surface area contributed by atoms with Crippen molar-refractivity contribution in [3.05, 3.63) is 70.2 Å². The van der Waals surface area contributed by atoms with Crippen molar-refractivity contribution in [1.29, 1.82) is 0 Å². The lowest BCUT2D eigenvalue weighted by atomic mass is 10.1. The summed E-state index contributed by atoms with van der Waals surface area (Å²) in [6, 6.07) is 17.6. The van der Waals surface area contributed by atoms with Gasteiger partial charge in [-0.3, -0.25) is 0 Å². The van der Waals surface area contributed by atoms with Gasteiger partial charge < -0.3 is 10.0 Å². The van der Waals surface area contributed by atoms with Gasteiger partial charge in [0.2, 0.25) is 0 Å². The number of amides is 1. The van der Waals surface area contributed by atoms with Crippen molar-refractivity contribution in [2.75, 3.05) is 6.54 Å². The summed E-state index contributed by atoms with van der Waals surface area (Å²) in [4.78, 5) is 12.8. The van der Waals surface area contributed by atoms with Crippen LogP contribution in [0.2, 0.25) is 0 Å². The van der Waals surface area contributed by atoms with Crippen LogP contribution in [0.4, 0.5) is 4.79 Å². The maximum absolute atomic E-state index is 11.3. The van der Waals surface area contributed by atoms with Gasteiger partial charge in [-0.25, -0.2) is 4.79 Å². The summed E-state index contributed by atoms with van der Waals surface area (Å²) >= 11 is 3.45. The summed E-state index contributed by atoms with van der Waals surface area (Å²) in [7, 11) is 0. The lowest BCUT2D eigenvalue weighted by molar-refractivity contribution is 0.143. The molecule has 0 aliphatic rings. The van der Waals surface area contributed by atoms with E-state index in [0.717, 1.165) is 22.0 Å². The molecule has 104 valence electrons. The highest BCUT2D eigenvalue weighted by atomic mass is 79.9. The SMILES string of the molecule is O=C(O)N(CCc1ccccc1)Cc1ccccc1Br. The van der Waals surface area contributed by atoms with Crippen LogP contribution in [-0.4, -0.2) is 22.6 Å². The van der Waals surface area contributed by atoms with Crippen molar-refractivity contribution in [3.8, 4) is 0 Å². The van der Waals surface area contributed by atoms with E-state index in [4.69, 9.17) is 0 Å². The summed E-state index contributed by atoms with van der Waals surface area (Å²) in [5, 5.41) is 9.31. The monoisotopic (exact) mass is 333 g/mol. The average molecular weight is 334 g/mol. The first kappa shape index (κ1) is 14.6. The first-order valence-corrected chi connectivity index (χ1v) is 7.21. The second kappa shape index (κ2) is 7.10. The first-order valence-electron chi connectivity index (χ1n) is 6.42. The average Bonchev–Trinajstić information content (AvgIpc) is 2.46. The highest BCUT2D eigenvalue weighted by Gasteiger charge is 2.13. The summed E-state index contributed by atoms with van der Waals surface area (Å²) in [5.74, 6) is 0. The molecule has 2 aromatic rings. The normalized spacial score (nSPS) is 10.2. The first-order chi connectivity index (χ1) is 9.66. The molecule has 0 unspecified atom stereocenters. The number of rotatable bonds is 5. The molecular formula is C16H16BrNO2. The molecule has 0 saturated heterocycles. The molecule has 0 aliphatic carbocycles. The van der Waals surface area contributed by atoms with E-state index in [1.807, 2.05) is 54.6 Å². The number of carbonyl (C=O) groups is 1. The van der Waals surface area contributed by atoms with Gasteiger partial charge in [0.25, 0.3) is 0 Å². The van der Waals surface area contributed by atoms with Crippen LogP contribution in [0.25, 0.3) is 0 Å². The van der Waals surface area contributed by atoms with Crippen LogP contribution in [-0.2, 0) is 13.0 Å². The van der Waals surface area contributed by atoms with E-state index in [1.54, 1.807) is 0 Å². The minimum Gasteiger partial charge on any atom is -0.465 e. The van der Waals surface area contributed by atoms with E-state index in [2.05, 4.69) is 15.9 Å². The zero-order valence-corrected chi connectivity index (χ0v) is 12.6. The van der Waals surface area contributed by atoms with Crippen molar-refractivity contribution in [3.63, 3.8) is 0 Å². The molecule has 2 aromatic carbocycles. The molecule has 1 N–H and O–H groups in total. The highest BCUT2D eigenvalue weighted by molar-refractivity contribution is 9.10. The molecule has 0 atom stereocenters. The summed E-state index contributed by atoms with van der Waals surface area (Å²) in [6.07, 6.45) is -0.172. The lowest BCUT2D eigenvalue weighted by Gasteiger charge is -2.20. The highest BCUT2D eigenvalue weighted by Crippen LogP contribution is 2.18. The van der Waals surface area contributed by atoms with Crippen LogP contribution >= 0.6 is 15.9 Å². The fourth-order valence-corrected chi connectivity index (χ4v) is 2.39. The molecule has 4 heteroatoms. The fraction of sp³-hybridized carbons (Fsp3) is 0.188. The Morgan fingerprint density at radius 3 is 2.35 bits per heavy atom. The largest absolute Gasteiger partial charge is 0.465 e. The number of benzene rings is 2. The van der Waals surface area contributed by atoms with Crippen LogP contribution < -0.4 is 0 Å². The molecule has 0 saturated carbocycles. The fourth-order valence-electron chi connectivity index (χ4n) is 1.98. The molecule has 0 heterocycles. The van der Waals surface area contributed by atoms with Crippen LogP contribution in [0, 0.1) is 0 Å². The molecule has 2 rings (SSSR count). The van der Waals surface area contributed by atoms with Gasteiger partial charge in [-0.05, 0) is 23.6 Å². The Labute approximate surface area is 127 Å². The van der Waals surface area contributed by atoms with E-state index < -0.39 is 6.09 Å². The van der Waals surface area contributed by atoms with Gasteiger partial charge >= 0.3 is 6.09 Å². The zero-order valence-electron chi connectivity index (χ0n) is 11.0. The second-order valence-electron chi connectivity index (χ2n) is 4.53. The Kier molecular flexibility index (Phi) is 5.18. The topological polar surface area (TPSA) is 40.5 Å². The van der Waals surface area contributed by atoms with Gasteiger partial charge in [0.15, 0.2) is 0 Å². The van der Waals surface area contributed by atoms with Crippen LogP contribution in [0.3, 0.4) is 0 Å². The number of halogens is 1. The summed E-state index contributed by atoms with van der Waals surface area (Å²) < 4.78 is 0.936. The lowest BCUT2D eigenvalue weighted by Crippen LogP contribution is -2.31. The number of nitrogens with zero attached hydrogens (tertiary/aromatic N) is 1. The van der Waals surface area contributed by atoms with Crippen LogP contribution in [0.1, 0.15) is 11.1 Å². The molecule has 0 aromatic heterocycles. The van der Waals surface area contributed by atoms with Gasteiger partial charge in [0, 0.05) is 11.0 Å².